The second-order valence-corrected chi connectivity index (χ2v) is 11.6. The van der Waals surface area contributed by atoms with Gasteiger partial charge in [0.05, 0.1) is 21.7 Å². The molecule has 4 rings (SSSR count). The summed E-state index contributed by atoms with van der Waals surface area (Å²) >= 11 is 4.92. The molecule has 0 unspecified atom stereocenters. The second-order valence-electron chi connectivity index (χ2n) is 7.75. The van der Waals surface area contributed by atoms with Crippen molar-refractivity contribution >= 4 is 53.4 Å². The summed E-state index contributed by atoms with van der Waals surface area (Å²) in [6, 6.07) is 12.0. The summed E-state index contributed by atoms with van der Waals surface area (Å²) in [7, 11) is -3.53. The fourth-order valence-corrected chi connectivity index (χ4v) is 6.95. The first-order chi connectivity index (χ1) is 15.9. The van der Waals surface area contributed by atoms with Gasteiger partial charge >= 0.3 is 0 Å². The fourth-order valence-electron chi connectivity index (χ4n) is 3.82. The molecule has 7 nitrogen and oxygen atoms in total. The van der Waals surface area contributed by atoms with Gasteiger partial charge in [-0.1, -0.05) is 33.7 Å². The van der Waals surface area contributed by atoms with Crippen LogP contribution in [0.5, 0.6) is 0 Å². The fraction of sp³-hybridized carbons (Fsp3) is 0.391. The molecule has 2 aromatic carbocycles. The van der Waals surface area contributed by atoms with Gasteiger partial charge in [0.25, 0.3) is 5.91 Å². The molecule has 176 valence electrons. The molecule has 1 aliphatic heterocycles. The third-order valence-electron chi connectivity index (χ3n) is 5.56. The van der Waals surface area contributed by atoms with Gasteiger partial charge in [0.1, 0.15) is 0 Å². The molecule has 0 aliphatic carbocycles. The number of carbonyl (C=O) groups excluding carboxylic acids is 1. The number of benzene rings is 2. The normalized spacial score (nSPS) is 15.9. The average molecular weight is 553 g/mol. The first-order valence-corrected chi connectivity index (χ1v) is 14.0. The molecule has 0 atom stereocenters. The lowest BCUT2D eigenvalue weighted by Crippen LogP contribution is -2.35. The van der Waals surface area contributed by atoms with Crippen molar-refractivity contribution in [2.24, 2.45) is 4.99 Å². The van der Waals surface area contributed by atoms with Crippen molar-refractivity contribution in [3.63, 3.8) is 0 Å². The van der Waals surface area contributed by atoms with Crippen molar-refractivity contribution in [3.8, 4) is 0 Å². The van der Waals surface area contributed by atoms with E-state index in [0.717, 1.165) is 34.0 Å². The van der Waals surface area contributed by atoms with Crippen LogP contribution in [0.15, 0.2) is 56.8 Å². The predicted octanol–water partition coefficient (Wildman–Crippen LogP) is 4.42. The van der Waals surface area contributed by atoms with Crippen LogP contribution in [0.4, 0.5) is 0 Å². The Labute approximate surface area is 205 Å². The Morgan fingerprint density at radius 1 is 1.12 bits per heavy atom. The third kappa shape index (κ3) is 5.46. The van der Waals surface area contributed by atoms with Crippen LogP contribution in [0.1, 0.15) is 36.5 Å². The van der Waals surface area contributed by atoms with Crippen molar-refractivity contribution in [1.82, 2.24) is 8.87 Å². The summed E-state index contributed by atoms with van der Waals surface area (Å²) in [5.41, 5.74) is 1.33. The number of rotatable bonds is 7. The topological polar surface area (TPSA) is 81.0 Å². The molecule has 0 spiro atoms. The van der Waals surface area contributed by atoms with Crippen LogP contribution in [-0.4, -0.2) is 49.5 Å². The molecule has 33 heavy (non-hydrogen) atoms. The predicted molar refractivity (Wildman–Crippen MR) is 133 cm³/mol. The number of carbonyl (C=O) groups is 1. The van der Waals surface area contributed by atoms with E-state index in [9.17, 15) is 13.2 Å². The zero-order valence-electron chi connectivity index (χ0n) is 18.4. The maximum atomic E-state index is 12.9. The van der Waals surface area contributed by atoms with Crippen LogP contribution in [0, 0.1) is 0 Å². The van der Waals surface area contributed by atoms with Gasteiger partial charge in [-0.05, 0) is 62.2 Å². The third-order valence-corrected chi connectivity index (χ3v) is 9.01. The maximum absolute atomic E-state index is 12.9. The number of amides is 1. The monoisotopic (exact) mass is 551 g/mol. The maximum Gasteiger partial charge on any atom is 0.279 e. The molecular formula is C23H26BrN3O4S2. The van der Waals surface area contributed by atoms with E-state index in [1.807, 2.05) is 29.7 Å². The number of piperidine rings is 1. The molecule has 10 heteroatoms. The van der Waals surface area contributed by atoms with E-state index in [0.29, 0.717) is 43.2 Å². The Balaban J connectivity index is 1.63. The first kappa shape index (κ1) is 24.3. The number of ether oxygens (including phenoxy) is 1. The van der Waals surface area contributed by atoms with Crippen LogP contribution in [0.2, 0.25) is 0 Å². The molecule has 2 heterocycles. The van der Waals surface area contributed by atoms with Gasteiger partial charge in [-0.2, -0.15) is 9.30 Å². The van der Waals surface area contributed by atoms with E-state index in [4.69, 9.17) is 4.74 Å². The number of hydrogen-bond acceptors (Lipinski definition) is 5. The minimum Gasteiger partial charge on any atom is -0.380 e. The van der Waals surface area contributed by atoms with Crippen LogP contribution in [0.25, 0.3) is 10.2 Å². The minimum absolute atomic E-state index is 0.208. The summed E-state index contributed by atoms with van der Waals surface area (Å²) in [5.74, 6) is -0.410. The highest BCUT2D eigenvalue weighted by molar-refractivity contribution is 9.10. The Kier molecular flexibility index (Phi) is 7.80. The Hall–Kier alpha value is -1.85. The highest BCUT2D eigenvalue weighted by atomic mass is 79.9. The van der Waals surface area contributed by atoms with Crippen LogP contribution >= 0.6 is 27.3 Å². The molecule has 3 aromatic rings. The number of hydrogen-bond donors (Lipinski definition) is 0. The Morgan fingerprint density at radius 2 is 1.85 bits per heavy atom. The van der Waals surface area contributed by atoms with Gasteiger partial charge in [-0.25, -0.2) is 8.42 Å². The summed E-state index contributed by atoms with van der Waals surface area (Å²) in [5, 5.41) is 0. The quantitative estimate of drug-likeness (QED) is 0.407. The SMILES string of the molecule is CCOCCn1c(=NC(=O)c2ccc(S(=O)(=O)N3CCCCC3)cc2)sc2cc(Br)ccc21. The van der Waals surface area contributed by atoms with E-state index >= 15 is 0 Å². The molecule has 1 fully saturated rings. The highest BCUT2D eigenvalue weighted by Crippen LogP contribution is 2.23. The van der Waals surface area contributed by atoms with E-state index in [1.165, 1.54) is 39.9 Å². The van der Waals surface area contributed by atoms with Crippen molar-refractivity contribution in [1.29, 1.82) is 0 Å². The number of aromatic nitrogens is 1. The molecule has 0 N–H and O–H groups in total. The summed E-state index contributed by atoms with van der Waals surface area (Å²) < 4.78 is 36.7. The molecular weight excluding hydrogens is 526 g/mol. The Morgan fingerprint density at radius 3 is 2.55 bits per heavy atom. The van der Waals surface area contributed by atoms with Gasteiger partial charge in [-0.3, -0.25) is 4.79 Å². The van der Waals surface area contributed by atoms with E-state index < -0.39 is 15.9 Å². The molecule has 0 bridgehead atoms. The molecule has 1 aromatic heterocycles. The second kappa shape index (κ2) is 10.6. The highest BCUT2D eigenvalue weighted by Gasteiger charge is 2.26. The Bertz CT molecular complexity index is 1310. The van der Waals surface area contributed by atoms with Gasteiger partial charge in [0.15, 0.2) is 4.80 Å². The molecule has 1 aliphatic rings. The van der Waals surface area contributed by atoms with Gasteiger partial charge in [0, 0.05) is 36.3 Å². The number of nitrogens with zero attached hydrogens (tertiary/aromatic N) is 3. The molecule has 0 saturated carbocycles. The van der Waals surface area contributed by atoms with E-state index in [2.05, 4.69) is 20.9 Å². The number of sulfonamides is 1. The van der Waals surface area contributed by atoms with Crippen LogP contribution in [0.3, 0.4) is 0 Å². The van der Waals surface area contributed by atoms with Crippen molar-refractivity contribution < 1.29 is 17.9 Å². The standard InChI is InChI=1S/C23H26BrN3O4S2/c1-2-31-15-14-27-20-11-8-18(24)16-21(20)32-23(27)25-22(28)17-6-9-19(10-7-17)33(29,30)26-12-4-3-5-13-26/h6-11,16H,2-5,12-15H2,1H3. The van der Waals surface area contributed by atoms with Crippen LogP contribution < -0.4 is 4.80 Å². The first-order valence-electron chi connectivity index (χ1n) is 11.0. The lowest BCUT2D eigenvalue weighted by atomic mass is 10.2. The number of fused-ring (bicyclic) bond motifs is 1. The summed E-state index contributed by atoms with van der Waals surface area (Å²) in [6.07, 6.45) is 2.81. The van der Waals surface area contributed by atoms with E-state index in [-0.39, 0.29) is 4.90 Å². The largest absolute Gasteiger partial charge is 0.380 e. The zero-order chi connectivity index (χ0) is 23.4. The zero-order valence-corrected chi connectivity index (χ0v) is 21.6. The van der Waals surface area contributed by atoms with Crippen molar-refractivity contribution in [2.45, 2.75) is 37.6 Å². The lowest BCUT2D eigenvalue weighted by Gasteiger charge is -2.25. The number of thiazole rings is 1. The lowest BCUT2D eigenvalue weighted by molar-refractivity contribution is 0.0996. The average Bonchev–Trinajstić information content (AvgIpc) is 3.15. The van der Waals surface area contributed by atoms with Crippen LogP contribution in [-0.2, 0) is 21.3 Å². The number of halogens is 1. The molecule has 1 saturated heterocycles. The van der Waals surface area contributed by atoms with E-state index in [1.54, 1.807) is 0 Å². The van der Waals surface area contributed by atoms with Gasteiger partial charge in [0.2, 0.25) is 10.0 Å². The molecule has 0 radical (unpaired) electrons. The summed E-state index contributed by atoms with van der Waals surface area (Å²) in [6.45, 7) is 4.74. The van der Waals surface area contributed by atoms with Crippen molar-refractivity contribution in [3.05, 3.63) is 57.3 Å². The minimum atomic E-state index is -3.53. The summed E-state index contributed by atoms with van der Waals surface area (Å²) in [4.78, 5) is 18.1. The van der Waals surface area contributed by atoms with Gasteiger partial charge < -0.3 is 9.30 Å². The van der Waals surface area contributed by atoms with Crippen molar-refractivity contribution in [2.75, 3.05) is 26.3 Å². The van der Waals surface area contributed by atoms with Gasteiger partial charge in [-0.15, -0.1) is 0 Å². The smallest absolute Gasteiger partial charge is 0.279 e. The molecule has 1 amide bonds.